The molecule has 0 spiro atoms. The van der Waals surface area contributed by atoms with Crippen LogP contribution in [0.5, 0.6) is 0 Å². The molecule has 14 heavy (non-hydrogen) atoms. The molecule has 0 aromatic carbocycles. The highest BCUT2D eigenvalue weighted by Crippen LogP contribution is 2.18. The van der Waals surface area contributed by atoms with Crippen LogP contribution in [0.2, 0.25) is 0 Å². The molecular formula is C9H15N3OS. The Morgan fingerprint density at radius 3 is 3.07 bits per heavy atom. The van der Waals surface area contributed by atoms with Gasteiger partial charge in [-0.2, -0.15) is 0 Å². The van der Waals surface area contributed by atoms with Gasteiger partial charge in [-0.25, -0.2) is 4.98 Å². The third-order valence-electron chi connectivity index (χ3n) is 1.76. The van der Waals surface area contributed by atoms with Gasteiger partial charge in [0.15, 0.2) is 5.13 Å². The van der Waals surface area contributed by atoms with Gasteiger partial charge in [-0.15, -0.1) is 11.3 Å². The van der Waals surface area contributed by atoms with Gasteiger partial charge in [0, 0.05) is 17.5 Å². The van der Waals surface area contributed by atoms with Crippen LogP contribution >= 0.6 is 11.3 Å². The third-order valence-corrected chi connectivity index (χ3v) is 2.81. The maximum Gasteiger partial charge on any atom is 0.226 e. The van der Waals surface area contributed by atoms with Crippen molar-refractivity contribution in [2.45, 2.75) is 26.2 Å². The van der Waals surface area contributed by atoms with E-state index >= 15 is 0 Å². The third kappa shape index (κ3) is 3.43. The molecule has 0 saturated carbocycles. The molecule has 0 atom stereocenters. The summed E-state index contributed by atoms with van der Waals surface area (Å²) in [4.78, 5) is 16.5. The number of nitrogens with zero attached hydrogens (tertiary/aromatic N) is 1. The maximum absolute atomic E-state index is 11.3. The van der Waals surface area contributed by atoms with E-state index in [1.165, 1.54) is 16.2 Å². The SMILES string of the molecule is CCc1cnc(NC(=O)CCCN)s1. The van der Waals surface area contributed by atoms with Crippen LogP contribution in [0, 0.1) is 0 Å². The van der Waals surface area contributed by atoms with E-state index in [9.17, 15) is 4.79 Å². The molecule has 78 valence electrons. The van der Waals surface area contributed by atoms with E-state index in [0.29, 0.717) is 18.1 Å². The summed E-state index contributed by atoms with van der Waals surface area (Å²) in [7, 11) is 0. The van der Waals surface area contributed by atoms with Crippen LogP contribution in [0.25, 0.3) is 0 Å². The molecule has 1 heterocycles. The first kappa shape index (κ1) is 11.1. The smallest absolute Gasteiger partial charge is 0.226 e. The number of rotatable bonds is 5. The largest absolute Gasteiger partial charge is 0.330 e. The zero-order valence-corrected chi connectivity index (χ0v) is 9.06. The number of carbonyl (C=O) groups is 1. The van der Waals surface area contributed by atoms with Crippen LogP contribution in [0.15, 0.2) is 6.20 Å². The number of thiazole rings is 1. The van der Waals surface area contributed by atoms with Crippen molar-refractivity contribution in [2.24, 2.45) is 5.73 Å². The molecular weight excluding hydrogens is 198 g/mol. The molecule has 0 aliphatic rings. The number of carbonyl (C=O) groups excluding carboxylic acids is 1. The fourth-order valence-electron chi connectivity index (χ4n) is 0.973. The Labute approximate surface area is 87.5 Å². The second-order valence-electron chi connectivity index (χ2n) is 2.93. The topological polar surface area (TPSA) is 68.0 Å². The lowest BCUT2D eigenvalue weighted by Gasteiger charge is -1.99. The van der Waals surface area contributed by atoms with Crippen molar-refractivity contribution in [3.63, 3.8) is 0 Å². The number of aromatic nitrogens is 1. The normalized spacial score (nSPS) is 10.1. The molecule has 0 saturated heterocycles. The number of hydrogen-bond donors (Lipinski definition) is 2. The van der Waals surface area contributed by atoms with Crippen molar-refractivity contribution in [3.05, 3.63) is 11.1 Å². The van der Waals surface area contributed by atoms with Gasteiger partial charge in [-0.05, 0) is 19.4 Å². The van der Waals surface area contributed by atoms with Crippen molar-refractivity contribution >= 4 is 22.4 Å². The summed E-state index contributed by atoms with van der Waals surface area (Å²) in [6.07, 6.45) is 3.94. The molecule has 3 N–H and O–H groups in total. The number of nitrogens with two attached hydrogens (primary N) is 1. The van der Waals surface area contributed by atoms with E-state index in [1.807, 2.05) is 0 Å². The van der Waals surface area contributed by atoms with Crippen molar-refractivity contribution in [3.8, 4) is 0 Å². The summed E-state index contributed by atoms with van der Waals surface area (Å²) >= 11 is 1.52. The fourth-order valence-corrected chi connectivity index (χ4v) is 1.74. The number of amides is 1. The first-order chi connectivity index (χ1) is 6.76. The molecule has 5 heteroatoms. The highest BCUT2D eigenvalue weighted by molar-refractivity contribution is 7.15. The average Bonchev–Trinajstić information content (AvgIpc) is 2.62. The zero-order valence-electron chi connectivity index (χ0n) is 8.25. The Morgan fingerprint density at radius 2 is 2.50 bits per heavy atom. The van der Waals surface area contributed by atoms with Gasteiger partial charge >= 0.3 is 0 Å². The van der Waals surface area contributed by atoms with Gasteiger partial charge in [0.05, 0.1) is 0 Å². The molecule has 0 radical (unpaired) electrons. The molecule has 1 aromatic rings. The van der Waals surface area contributed by atoms with Crippen LogP contribution in [-0.2, 0) is 11.2 Å². The second-order valence-corrected chi connectivity index (χ2v) is 4.04. The minimum absolute atomic E-state index is 0.00699. The van der Waals surface area contributed by atoms with Crippen LogP contribution < -0.4 is 11.1 Å². The minimum Gasteiger partial charge on any atom is -0.330 e. The number of nitrogens with one attached hydrogen (secondary N) is 1. The highest BCUT2D eigenvalue weighted by Gasteiger charge is 2.04. The summed E-state index contributed by atoms with van der Waals surface area (Å²) in [5, 5.41) is 3.43. The Kier molecular flexibility index (Phi) is 4.55. The van der Waals surface area contributed by atoms with Crippen molar-refractivity contribution in [1.29, 1.82) is 0 Å². The van der Waals surface area contributed by atoms with Crippen molar-refractivity contribution < 1.29 is 4.79 Å². The predicted octanol–water partition coefficient (Wildman–Crippen LogP) is 1.38. The van der Waals surface area contributed by atoms with Crippen LogP contribution in [-0.4, -0.2) is 17.4 Å². The van der Waals surface area contributed by atoms with Crippen molar-refractivity contribution in [1.82, 2.24) is 4.98 Å². The summed E-state index contributed by atoms with van der Waals surface area (Å²) < 4.78 is 0. The summed E-state index contributed by atoms with van der Waals surface area (Å²) in [6, 6.07) is 0. The van der Waals surface area contributed by atoms with Gasteiger partial charge < -0.3 is 11.1 Å². The molecule has 0 aliphatic heterocycles. The maximum atomic E-state index is 11.3. The van der Waals surface area contributed by atoms with E-state index in [2.05, 4.69) is 17.2 Å². The molecule has 1 rings (SSSR count). The summed E-state index contributed by atoms with van der Waals surface area (Å²) in [5.74, 6) is -0.00699. The zero-order chi connectivity index (χ0) is 10.4. The van der Waals surface area contributed by atoms with Crippen LogP contribution in [0.3, 0.4) is 0 Å². The predicted molar refractivity (Wildman–Crippen MR) is 58.4 cm³/mol. The Bertz CT molecular complexity index is 298. The Hall–Kier alpha value is -0.940. The first-order valence-electron chi connectivity index (χ1n) is 4.71. The molecule has 0 fully saturated rings. The standard InChI is InChI=1S/C9H15N3OS/c1-2-7-6-11-9(14-7)12-8(13)4-3-5-10/h6H,2-5,10H2,1H3,(H,11,12,13). The lowest BCUT2D eigenvalue weighted by atomic mass is 10.3. The average molecular weight is 213 g/mol. The number of anilines is 1. The van der Waals surface area contributed by atoms with Crippen molar-refractivity contribution in [2.75, 3.05) is 11.9 Å². The lowest BCUT2D eigenvalue weighted by molar-refractivity contribution is -0.116. The second kappa shape index (κ2) is 5.72. The monoisotopic (exact) mass is 213 g/mol. The molecule has 1 aromatic heterocycles. The van der Waals surface area contributed by atoms with Crippen LogP contribution in [0.4, 0.5) is 5.13 Å². The first-order valence-corrected chi connectivity index (χ1v) is 5.52. The summed E-state index contributed by atoms with van der Waals surface area (Å²) in [5.41, 5.74) is 5.30. The van der Waals surface area contributed by atoms with Gasteiger partial charge in [0.2, 0.25) is 5.91 Å². The summed E-state index contributed by atoms with van der Waals surface area (Å²) in [6.45, 7) is 2.61. The quantitative estimate of drug-likeness (QED) is 0.776. The van der Waals surface area contributed by atoms with E-state index in [1.54, 1.807) is 6.20 Å². The fraction of sp³-hybridized carbons (Fsp3) is 0.556. The van der Waals surface area contributed by atoms with Gasteiger partial charge in [0.25, 0.3) is 0 Å². The highest BCUT2D eigenvalue weighted by atomic mass is 32.1. The van der Waals surface area contributed by atoms with Gasteiger partial charge in [-0.1, -0.05) is 6.92 Å². The van der Waals surface area contributed by atoms with E-state index in [-0.39, 0.29) is 5.91 Å². The molecule has 0 aliphatic carbocycles. The minimum atomic E-state index is -0.00699. The van der Waals surface area contributed by atoms with Gasteiger partial charge in [-0.3, -0.25) is 4.79 Å². The van der Waals surface area contributed by atoms with E-state index in [4.69, 9.17) is 5.73 Å². The Morgan fingerprint density at radius 1 is 1.71 bits per heavy atom. The lowest BCUT2D eigenvalue weighted by Crippen LogP contribution is -2.13. The van der Waals surface area contributed by atoms with E-state index < -0.39 is 0 Å². The van der Waals surface area contributed by atoms with Gasteiger partial charge in [0.1, 0.15) is 0 Å². The molecule has 0 bridgehead atoms. The molecule has 4 nitrogen and oxygen atoms in total. The van der Waals surface area contributed by atoms with Crippen LogP contribution in [0.1, 0.15) is 24.6 Å². The van der Waals surface area contributed by atoms with E-state index in [0.717, 1.165) is 12.8 Å². The Balaban J connectivity index is 2.39. The molecule has 1 amide bonds. The molecule has 0 unspecified atom stereocenters. The number of hydrogen-bond acceptors (Lipinski definition) is 4. The number of aryl methyl sites for hydroxylation is 1.